The lowest BCUT2D eigenvalue weighted by atomic mass is 10.1. The predicted molar refractivity (Wildman–Crippen MR) is 71.8 cm³/mol. The summed E-state index contributed by atoms with van der Waals surface area (Å²) in [5, 5.41) is 6.07. The van der Waals surface area contributed by atoms with E-state index in [1.54, 1.807) is 7.11 Å². The Morgan fingerprint density at radius 1 is 1.37 bits per heavy atom. The first-order valence-corrected chi connectivity index (χ1v) is 6.48. The molecule has 2 atom stereocenters. The van der Waals surface area contributed by atoms with E-state index in [9.17, 15) is 4.79 Å². The van der Waals surface area contributed by atoms with Crippen LogP contribution in [0.1, 0.15) is 12.0 Å². The lowest BCUT2D eigenvalue weighted by Crippen LogP contribution is -2.51. The highest BCUT2D eigenvalue weighted by atomic mass is 16.5. The number of alkyl carbamates (subject to hydrolysis) is 1. The molecule has 5 heteroatoms. The first-order valence-electron chi connectivity index (χ1n) is 6.48. The lowest BCUT2D eigenvalue weighted by molar-refractivity contribution is 0.0663. The van der Waals surface area contributed by atoms with Crippen molar-refractivity contribution in [2.24, 2.45) is 0 Å². The largest absolute Gasteiger partial charge is 0.445 e. The molecule has 1 fully saturated rings. The molecule has 0 saturated carbocycles. The van der Waals surface area contributed by atoms with Gasteiger partial charge in [-0.15, -0.1) is 0 Å². The molecular weight excluding hydrogens is 244 g/mol. The summed E-state index contributed by atoms with van der Waals surface area (Å²) < 4.78 is 10.5. The zero-order chi connectivity index (χ0) is 13.5. The van der Waals surface area contributed by atoms with Gasteiger partial charge in [0.15, 0.2) is 0 Å². The van der Waals surface area contributed by atoms with Gasteiger partial charge in [0.1, 0.15) is 6.61 Å². The van der Waals surface area contributed by atoms with Crippen molar-refractivity contribution in [3.8, 4) is 0 Å². The van der Waals surface area contributed by atoms with Crippen LogP contribution in [0.2, 0.25) is 0 Å². The molecular formula is C14H20N2O3. The van der Waals surface area contributed by atoms with E-state index >= 15 is 0 Å². The van der Waals surface area contributed by atoms with Gasteiger partial charge in [-0.2, -0.15) is 0 Å². The molecule has 1 aliphatic heterocycles. The average Bonchev–Trinajstić information content (AvgIpc) is 2.46. The molecule has 0 radical (unpaired) electrons. The van der Waals surface area contributed by atoms with Gasteiger partial charge in [0.2, 0.25) is 0 Å². The number of carbonyl (C=O) groups excluding carboxylic acids is 1. The second-order valence-electron chi connectivity index (χ2n) is 4.65. The van der Waals surface area contributed by atoms with Crippen LogP contribution < -0.4 is 10.6 Å². The number of amides is 1. The molecule has 104 valence electrons. The molecule has 2 rings (SSSR count). The summed E-state index contributed by atoms with van der Waals surface area (Å²) in [7, 11) is 1.68. The minimum atomic E-state index is -0.382. The van der Waals surface area contributed by atoms with E-state index < -0.39 is 0 Å². The molecule has 19 heavy (non-hydrogen) atoms. The van der Waals surface area contributed by atoms with Crippen LogP contribution in [0.3, 0.4) is 0 Å². The average molecular weight is 264 g/mol. The number of nitrogens with one attached hydrogen (secondary N) is 2. The molecule has 1 saturated heterocycles. The van der Waals surface area contributed by atoms with Gasteiger partial charge in [-0.05, 0) is 12.0 Å². The Hall–Kier alpha value is -1.59. The summed E-state index contributed by atoms with van der Waals surface area (Å²) in [5.41, 5.74) is 0.981. The monoisotopic (exact) mass is 264 g/mol. The van der Waals surface area contributed by atoms with Crippen molar-refractivity contribution in [3.63, 3.8) is 0 Å². The SMILES string of the molecule is COC1CNCC(NC(=O)OCc2ccccc2)C1. The van der Waals surface area contributed by atoms with Crippen molar-refractivity contribution in [2.75, 3.05) is 20.2 Å². The highest BCUT2D eigenvalue weighted by molar-refractivity contribution is 5.67. The minimum absolute atomic E-state index is 0.0574. The van der Waals surface area contributed by atoms with Gasteiger partial charge < -0.3 is 20.1 Å². The fraction of sp³-hybridized carbons (Fsp3) is 0.500. The Morgan fingerprint density at radius 2 is 2.16 bits per heavy atom. The zero-order valence-electron chi connectivity index (χ0n) is 11.1. The summed E-state index contributed by atoms with van der Waals surface area (Å²) in [4.78, 5) is 11.7. The number of rotatable bonds is 4. The van der Waals surface area contributed by atoms with Crippen LogP contribution in [0.15, 0.2) is 30.3 Å². The number of hydrogen-bond donors (Lipinski definition) is 2. The Labute approximate surface area is 113 Å². The number of benzene rings is 1. The molecule has 1 aliphatic rings. The fourth-order valence-corrected chi connectivity index (χ4v) is 2.12. The van der Waals surface area contributed by atoms with Gasteiger partial charge in [-0.1, -0.05) is 30.3 Å². The third-order valence-corrected chi connectivity index (χ3v) is 3.18. The molecule has 0 aliphatic carbocycles. The van der Waals surface area contributed by atoms with Crippen molar-refractivity contribution < 1.29 is 14.3 Å². The van der Waals surface area contributed by atoms with Crippen LogP contribution in [0, 0.1) is 0 Å². The van der Waals surface area contributed by atoms with E-state index in [0.717, 1.165) is 25.1 Å². The van der Waals surface area contributed by atoms with Crippen LogP contribution in [-0.2, 0) is 16.1 Å². The van der Waals surface area contributed by atoms with Gasteiger partial charge in [-0.25, -0.2) is 4.79 Å². The standard InChI is InChI=1S/C14H20N2O3/c1-18-13-7-12(8-15-9-13)16-14(17)19-10-11-5-3-2-4-6-11/h2-6,12-13,15H,7-10H2,1H3,(H,16,17). The molecule has 2 N–H and O–H groups in total. The van der Waals surface area contributed by atoms with Crippen LogP contribution in [0.5, 0.6) is 0 Å². The van der Waals surface area contributed by atoms with E-state index in [4.69, 9.17) is 9.47 Å². The molecule has 1 aromatic rings. The maximum absolute atomic E-state index is 11.7. The van der Waals surface area contributed by atoms with Gasteiger partial charge >= 0.3 is 6.09 Å². The summed E-state index contributed by atoms with van der Waals surface area (Å²) in [5.74, 6) is 0. The van der Waals surface area contributed by atoms with Crippen molar-refractivity contribution in [2.45, 2.75) is 25.2 Å². The van der Waals surface area contributed by atoms with E-state index in [0.29, 0.717) is 6.61 Å². The Balaban J connectivity index is 1.72. The fourth-order valence-electron chi connectivity index (χ4n) is 2.12. The van der Waals surface area contributed by atoms with Crippen LogP contribution >= 0.6 is 0 Å². The molecule has 1 aromatic carbocycles. The van der Waals surface area contributed by atoms with Crippen molar-refractivity contribution in [3.05, 3.63) is 35.9 Å². The quantitative estimate of drug-likeness (QED) is 0.860. The van der Waals surface area contributed by atoms with E-state index in [1.807, 2.05) is 30.3 Å². The molecule has 0 aromatic heterocycles. The topological polar surface area (TPSA) is 59.6 Å². The van der Waals surface area contributed by atoms with Crippen LogP contribution in [0.25, 0.3) is 0 Å². The summed E-state index contributed by atoms with van der Waals surface area (Å²) in [6.45, 7) is 1.87. The molecule has 1 heterocycles. The number of hydrogen-bond acceptors (Lipinski definition) is 4. The van der Waals surface area contributed by atoms with Crippen molar-refractivity contribution >= 4 is 6.09 Å². The maximum Gasteiger partial charge on any atom is 0.407 e. The molecule has 1 amide bonds. The van der Waals surface area contributed by atoms with Gasteiger partial charge in [0, 0.05) is 26.2 Å². The molecule has 2 unspecified atom stereocenters. The summed E-state index contributed by atoms with van der Waals surface area (Å²) in [6.07, 6.45) is 0.574. The van der Waals surface area contributed by atoms with Crippen molar-refractivity contribution in [1.29, 1.82) is 0 Å². The highest BCUT2D eigenvalue weighted by Crippen LogP contribution is 2.07. The van der Waals surface area contributed by atoms with Gasteiger partial charge in [0.25, 0.3) is 0 Å². The Bertz CT molecular complexity index is 397. The smallest absolute Gasteiger partial charge is 0.407 e. The van der Waals surface area contributed by atoms with E-state index in [1.165, 1.54) is 0 Å². The third-order valence-electron chi connectivity index (χ3n) is 3.18. The molecule has 0 bridgehead atoms. The molecule has 0 spiro atoms. The normalized spacial score (nSPS) is 22.8. The van der Waals surface area contributed by atoms with Crippen LogP contribution in [-0.4, -0.2) is 38.4 Å². The van der Waals surface area contributed by atoms with Gasteiger partial charge in [-0.3, -0.25) is 0 Å². The minimum Gasteiger partial charge on any atom is -0.445 e. The lowest BCUT2D eigenvalue weighted by Gasteiger charge is -2.29. The van der Waals surface area contributed by atoms with E-state index in [2.05, 4.69) is 10.6 Å². The molecule has 5 nitrogen and oxygen atoms in total. The predicted octanol–water partition coefficient (Wildman–Crippen LogP) is 1.29. The third kappa shape index (κ3) is 4.54. The highest BCUT2D eigenvalue weighted by Gasteiger charge is 2.22. The first kappa shape index (κ1) is 13.8. The van der Waals surface area contributed by atoms with Gasteiger partial charge in [0.05, 0.1) is 6.10 Å². The second kappa shape index (κ2) is 7.11. The Kier molecular flexibility index (Phi) is 5.18. The Morgan fingerprint density at radius 3 is 2.89 bits per heavy atom. The van der Waals surface area contributed by atoms with E-state index in [-0.39, 0.29) is 18.2 Å². The number of piperidine rings is 1. The first-order chi connectivity index (χ1) is 9.28. The number of methoxy groups -OCH3 is 1. The van der Waals surface area contributed by atoms with Crippen LogP contribution in [0.4, 0.5) is 4.79 Å². The number of carbonyl (C=O) groups is 1. The summed E-state index contributed by atoms with van der Waals surface area (Å²) >= 11 is 0. The number of ether oxygens (including phenoxy) is 2. The maximum atomic E-state index is 11.7. The summed E-state index contributed by atoms with van der Waals surface area (Å²) in [6, 6.07) is 9.69. The van der Waals surface area contributed by atoms with Crippen molar-refractivity contribution in [1.82, 2.24) is 10.6 Å². The zero-order valence-corrected chi connectivity index (χ0v) is 11.1. The second-order valence-corrected chi connectivity index (χ2v) is 4.65.